The van der Waals surface area contributed by atoms with Crippen molar-refractivity contribution in [2.75, 3.05) is 5.32 Å². The fourth-order valence-corrected chi connectivity index (χ4v) is 2.98. The summed E-state index contributed by atoms with van der Waals surface area (Å²) in [7, 11) is 0. The SMILES string of the molecule is Cc1ccc2cccc(NC(=O)c3ccc(OCc4ccccc4)cc3)c2n1. The number of fused-ring (bicyclic) bond motifs is 1. The van der Waals surface area contributed by atoms with Crippen LogP contribution in [0.5, 0.6) is 5.75 Å². The van der Waals surface area contributed by atoms with Crippen LogP contribution in [0, 0.1) is 6.92 Å². The predicted molar refractivity (Wildman–Crippen MR) is 112 cm³/mol. The van der Waals surface area contributed by atoms with Gasteiger partial charge in [-0.2, -0.15) is 0 Å². The molecule has 0 saturated heterocycles. The van der Waals surface area contributed by atoms with Crippen LogP contribution in [0.2, 0.25) is 0 Å². The number of ether oxygens (including phenoxy) is 1. The Bertz CT molecular complexity index is 1110. The molecule has 0 atom stereocenters. The Balaban J connectivity index is 1.46. The van der Waals surface area contributed by atoms with Crippen molar-refractivity contribution in [1.82, 2.24) is 4.98 Å². The van der Waals surface area contributed by atoms with Crippen LogP contribution < -0.4 is 10.1 Å². The third-order valence-electron chi connectivity index (χ3n) is 4.47. The molecule has 0 spiro atoms. The lowest BCUT2D eigenvalue weighted by molar-refractivity contribution is 0.102. The monoisotopic (exact) mass is 368 g/mol. The molecule has 1 aromatic heterocycles. The summed E-state index contributed by atoms with van der Waals surface area (Å²) in [5.74, 6) is 0.549. The quantitative estimate of drug-likeness (QED) is 0.515. The first kappa shape index (κ1) is 17.7. The molecule has 0 saturated carbocycles. The normalized spacial score (nSPS) is 10.6. The molecule has 3 aromatic carbocycles. The number of carbonyl (C=O) groups excluding carboxylic acids is 1. The second-order valence-electron chi connectivity index (χ2n) is 6.58. The highest BCUT2D eigenvalue weighted by Crippen LogP contribution is 2.23. The molecule has 4 rings (SSSR count). The number of para-hydroxylation sites is 1. The predicted octanol–water partition coefficient (Wildman–Crippen LogP) is 5.37. The molecule has 4 nitrogen and oxygen atoms in total. The third-order valence-corrected chi connectivity index (χ3v) is 4.47. The van der Waals surface area contributed by atoms with Crippen molar-refractivity contribution in [3.63, 3.8) is 0 Å². The van der Waals surface area contributed by atoms with E-state index in [-0.39, 0.29) is 5.91 Å². The van der Waals surface area contributed by atoms with E-state index in [1.807, 2.05) is 79.7 Å². The van der Waals surface area contributed by atoms with Gasteiger partial charge >= 0.3 is 0 Å². The Morgan fingerprint density at radius 3 is 2.46 bits per heavy atom. The summed E-state index contributed by atoms with van der Waals surface area (Å²) in [6.07, 6.45) is 0. The Morgan fingerprint density at radius 1 is 0.893 bits per heavy atom. The minimum absolute atomic E-state index is 0.176. The molecule has 0 bridgehead atoms. The molecule has 0 radical (unpaired) electrons. The van der Waals surface area contributed by atoms with Crippen LogP contribution in [0.3, 0.4) is 0 Å². The Morgan fingerprint density at radius 2 is 1.68 bits per heavy atom. The fraction of sp³-hybridized carbons (Fsp3) is 0.0833. The zero-order chi connectivity index (χ0) is 19.3. The van der Waals surface area contributed by atoms with Crippen LogP contribution in [0.15, 0.2) is 84.9 Å². The van der Waals surface area contributed by atoms with Crippen molar-refractivity contribution in [1.29, 1.82) is 0 Å². The lowest BCUT2D eigenvalue weighted by atomic mass is 10.1. The fourth-order valence-electron chi connectivity index (χ4n) is 2.98. The highest BCUT2D eigenvalue weighted by atomic mass is 16.5. The van der Waals surface area contributed by atoms with Gasteiger partial charge in [0, 0.05) is 16.6 Å². The Labute approximate surface area is 163 Å². The first-order chi connectivity index (χ1) is 13.7. The van der Waals surface area contributed by atoms with Crippen molar-refractivity contribution < 1.29 is 9.53 Å². The van der Waals surface area contributed by atoms with E-state index in [0.29, 0.717) is 17.9 Å². The molecule has 138 valence electrons. The van der Waals surface area contributed by atoms with Crippen LogP contribution >= 0.6 is 0 Å². The van der Waals surface area contributed by atoms with E-state index >= 15 is 0 Å². The highest BCUT2D eigenvalue weighted by Gasteiger charge is 2.10. The van der Waals surface area contributed by atoms with Gasteiger partial charge in [0.15, 0.2) is 0 Å². The van der Waals surface area contributed by atoms with Gasteiger partial charge in [-0.15, -0.1) is 0 Å². The number of aromatic nitrogens is 1. The van der Waals surface area contributed by atoms with E-state index < -0.39 is 0 Å². The van der Waals surface area contributed by atoms with E-state index in [9.17, 15) is 4.79 Å². The molecule has 0 aliphatic carbocycles. The molecule has 4 aromatic rings. The molecule has 0 aliphatic heterocycles. The summed E-state index contributed by atoms with van der Waals surface area (Å²) >= 11 is 0. The van der Waals surface area contributed by atoms with Crippen LogP contribution in [0.4, 0.5) is 5.69 Å². The summed E-state index contributed by atoms with van der Waals surface area (Å²) in [5, 5.41) is 3.96. The number of anilines is 1. The van der Waals surface area contributed by atoms with E-state index in [4.69, 9.17) is 4.74 Å². The van der Waals surface area contributed by atoms with E-state index in [1.54, 1.807) is 12.1 Å². The van der Waals surface area contributed by atoms with Crippen molar-refractivity contribution in [2.45, 2.75) is 13.5 Å². The van der Waals surface area contributed by atoms with E-state index in [0.717, 1.165) is 27.9 Å². The average molecular weight is 368 g/mol. The van der Waals surface area contributed by atoms with Gasteiger partial charge in [-0.25, -0.2) is 0 Å². The molecule has 4 heteroatoms. The number of hydrogen-bond donors (Lipinski definition) is 1. The topological polar surface area (TPSA) is 51.2 Å². The maximum absolute atomic E-state index is 12.7. The summed E-state index contributed by atoms with van der Waals surface area (Å²) in [4.78, 5) is 17.2. The van der Waals surface area contributed by atoms with Crippen LogP contribution in [0.1, 0.15) is 21.6 Å². The van der Waals surface area contributed by atoms with Gasteiger partial charge in [0.2, 0.25) is 0 Å². The number of hydrogen-bond acceptors (Lipinski definition) is 3. The number of amides is 1. The highest BCUT2D eigenvalue weighted by molar-refractivity contribution is 6.08. The summed E-state index contributed by atoms with van der Waals surface area (Å²) in [6.45, 7) is 2.43. The van der Waals surface area contributed by atoms with Gasteiger partial charge in [-0.3, -0.25) is 9.78 Å². The van der Waals surface area contributed by atoms with Crippen molar-refractivity contribution in [3.05, 3.63) is 102 Å². The number of nitrogens with zero attached hydrogens (tertiary/aromatic N) is 1. The average Bonchev–Trinajstić information content (AvgIpc) is 2.74. The first-order valence-corrected chi connectivity index (χ1v) is 9.13. The number of pyridine rings is 1. The van der Waals surface area contributed by atoms with Gasteiger partial charge in [-0.05, 0) is 48.9 Å². The van der Waals surface area contributed by atoms with Gasteiger partial charge in [0.25, 0.3) is 5.91 Å². The maximum Gasteiger partial charge on any atom is 0.255 e. The van der Waals surface area contributed by atoms with Crippen molar-refractivity contribution >= 4 is 22.5 Å². The standard InChI is InChI=1S/C24H20N2O2/c1-17-10-11-19-8-5-9-22(23(19)25-17)26-24(27)20-12-14-21(15-13-20)28-16-18-6-3-2-4-7-18/h2-15H,16H2,1H3,(H,26,27). The maximum atomic E-state index is 12.7. The van der Waals surface area contributed by atoms with Crippen LogP contribution in [-0.2, 0) is 6.61 Å². The minimum atomic E-state index is -0.176. The number of benzene rings is 3. The first-order valence-electron chi connectivity index (χ1n) is 9.13. The van der Waals surface area contributed by atoms with Gasteiger partial charge in [-0.1, -0.05) is 48.5 Å². The smallest absolute Gasteiger partial charge is 0.255 e. The molecule has 0 aliphatic rings. The lowest BCUT2D eigenvalue weighted by Gasteiger charge is -2.10. The molecular weight excluding hydrogens is 348 g/mol. The molecule has 0 unspecified atom stereocenters. The second kappa shape index (κ2) is 7.92. The van der Waals surface area contributed by atoms with Gasteiger partial charge in [0.1, 0.15) is 12.4 Å². The number of rotatable bonds is 5. The van der Waals surface area contributed by atoms with Crippen LogP contribution in [-0.4, -0.2) is 10.9 Å². The summed E-state index contributed by atoms with van der Waals surface area (Å²) in [6, 6.07) is 26.8. The zero-order valence-corrected chi connectivity index (χ0v) is 15.6. The summed E-state index contributed by atoms with van der Waals surface area (Å²) in [5.41, 5.74) is 4.07. The Hall–Kier alpha value is -3.66. The Kier molecular flexibility index (Phi) is 5.02. The molecule has 1 N–H and O–H groups in total. The second-order valence-corrected chi connectivity index (χ2v) is 6.58. The lowest BCUT2D eigenvalue weighted by Crippen LogP contribution is -2.12. The zero-order valence-electron chi connectivity index (χ0n) is 15.6. The number of aryl methyl sites for hydroxylation is 1. The largest absolute Gasteiger partial charge is 0.489 e. The minimum Gasteiger partial charge on any atom is -0.489 e. The third kappa shape index (κ3) is 4.01. The van der Waals surface area contributed by atoms with Gasteiger partial charge < -0.3 is 10.1 Å². The van der Waals surface area contributed by atoms with Crippen molar-refractivity contribution in [3.8, 4) is 5.75 Å². The van der Waals surface area contributed by atoms with E-state index in [2.05, 4.69) is 10.3 Å². The summed E-state index contributed by atoms with van der Waals surface area (Å²) < 4.78 is 5.77. The van der Waals surface area contributed by atoms with Crippen molar-refractivity contribution in [2.24, 2.45) is 0 Å². The number of carbonyl (C=O) groups is 1. The van der Waals surface area contributed by atoms with Crippen LogP contribution in [0.25, 0.3) is 10.9 Å². The molecule has 0 fully saturated rings. The van der Waals surface area contributed by atoms with E-state index in [1.165, 1.54) is 0 Å². The molecule has 1 amide bonds. The van der Waals surface area contributed by atoms with Gasteiger partial charge in [0.05, 0.1) is 11.2 Å². The number of nitrogens with one attached hydrogen (secondary N) is 1. The molecule has 1 heterocycles. The molecular formula is C24H20N2O2. The molecule has 28 heavy (non-hydrogen) atoms.